The third-order valence-electron chi connectivity index (χ3n) is 6.97. The number of benzene rings is 2. The smallest absolute Gasteiger partial charge is 0.290 e. The van der Waals surface area contributed by atoms with Gasteiger partial charge in [0, 0.05) is 46.9 Å². The summed E-state index contributed by atoms with van der Waals surface area (Å²) in [6.07, 6.45) is 0. The van der Waals surface area contributed by atoms with Gasteiger partial charge >= 0.3 is 0 Å². The molecule has 0 spiro atoms. The first kappa shape index (κ1) is 23.2. The Labute approximate surface area is 207 Å². The maximum absolute atomic E-state index is 13.8. The Morgan fingerprint density at radius 3 is 2.00 bits per heavy atom. The van der Waals surface area contributed by atoms with E-state index in [2.05, 4.69) is 26.1 Å². The Balaban J connectivity index is 1.68. The molecule has 182 valence electrons. The van der Waals surface area contributed by atoms with Crippen LogP contribution in [-0.4, -0.2) is 45.8 Å². The van der Waals surface area contributed by atoms with Crippen LogP contribution in [0.4, 0.5) is 5.69 Å². The molecule has 3 aliphatic heterocycles. The molecular formula is C29H33N3O3. The fraction of sp³-hybridized carbons (Fsp3) is 0.379. The van der Waals surface area contributed by atoms with Gasteiger partial charge in [-0.15, -0.1) is 0 Å². The van der Waals surface area contributed by atoms with Crippen LogP contribution in [-0.2, 0) is 9.59 Å². The second-order valence-corrected chi connectivity index (χ2v) is 11.4. The van der Waals surface area contributed by atoms with E-state index in [4.69, 9.17) is 4.74 Å². The van der Waals surface area contributed by atoms with Crippen molar-refractivity contribution < 1.29 is 14.3 Å². The predicted octanol–water partition coefficient (Wildman–Crippen LogP) is 5.06. The van der Waals surface area contributed by atoms with Crippen LogP contribution in [0.5, 0.6) is 5.75 Å². The van der Waals surface area contributed by atoms with Gasteiger partial charge in [-0.1, -0.05) is 36.4 Å². The number of para-hydroxylation sites is 2. The van der Waals surface area contributed by atoms with E-state index in [0.717, 1.165) is 22.4 Å². The van der Waals surface area contributed by atoms with E-state index in [0.29, 0.717) is 30.3 Å². The molecule has 0 bridgehead atoms. The van der Waals surface area contributed by atoms with Gasteiger partial charge in [0.2, 0.25) is 0 Å². The number of hydrogen-bond acceptors (Lipinski definition) is 4. The summed E-state index contributed by atoms with van der Waals surface area (Å²) in [7, 11) is 0. The minimum atomic E-state index is -0.354. The van der Waals surface area contributed by atoms with Gasteiger partial charge in [-0.05, 0) is 65.3 Å². The van der Waals surface area contributed by atoms with Crippen molar-refractivity contribution in [2.75, 3.05) is 18.4 Å². The average molecular weight is 472 g/mol. The van der Waals surface area contributed by atoms with Gasteiger partial charge in [0.25, 0.3) is 11.8 Å². The second kappa shape index (κ2) is 8.01. The van der Waals surface area contributed by atoms with Crippen LogP contribution in [0.1, 0.15) is 53.0 Å². The number of rotatable bonds is 3. The molecule has 3 heterocycles. The van der Waals surface area contributed by atoms with E-state index in [9.17, 15) is 9.59 Å². The molecule has 6 heteroatoms. The van der Waals surface area contributed by atoms with Crippen LogP contribution in [0.25, 0.3) is 0 Å². The van der Waals surface area contributed by atoms with E-state index in [-0.39, 0.29) is 28.8 Å². The summed E-state index contributed by atoms with van der Waals surface area (Å²) < 4.78 is 6.20. The van der Waals surface area contributed by atoms with E-state index in [1.807, 2.05) is 85.2 Å². The third kappa shape index (κ3) is 3.91. The zero-order chi connectivity index (χ0) is 25.1. The number of nitrogens with one attached hydrogen (secondary N) is 1. The summed E-state index contributed by atoms with van der Waals surface area (Å²) in [6, 6.07) is 17.6. The third-order valence-corrected chi connectivity index (χ3v) is 6.97. The van der Waals surface area contributed by atoms with Crippen LogP contribution >= 0.6 is 0 Å². The van der Waals surface area contributed by atoms with E-state index in [1.54, 1.807) is 0 Å². The molecule has 0 aliphatic carbocycles. The molecule has 0 saturated carbocycles. The van der Waals surface area contributed by atoms with E-state index >= 15 is 0 Å². The number of carbonyl (C=O) groups is 2. The molecule has 3 aliphatic rings. The van der Waals surface area contributed by atoms with Crippen molar-refractivity contribution in [1.82, 2.24) is 9.80 Å². The summed E-state index contributed by atoms with van der Waals surface area (Å²) in [5.74, 6) is 0.723. The highest BCUT2D eigenvalue weighted by Crippen LogP contribution is 2.49. The summed E-state index contributed by atoms with van der Waals surface area (Å²) in [5.41, 5.74) is 3.62. The monoisotopic (exact) mass is 471 g/mol. The SMILES string of the molecule is CC(C)(C)N1CC(C2C3=C(Oc4ccccc42)C(=O)N(C(C)(C)C)C3)=C(Nc2ccccc2)C1=O. The molecule has 6 nitrogen and oxygen atoms in total. The number of ether oxygens (including phenoxy) is 1. The summed E-state index contributed by atoms with van der Waals surface area (Å²) >= 11 is 0. The summed E-state index contributed by atoms with van der Waals surface area (Å²) in [5, 5.41) is 3.43. The zero-order valence-corrected chi connectivity index (χ0v) is 21.3. The highest BCUT2D eigenvalue weighted by Gasteiger charge is 2.48. The standard InChI is InChI=1S/C29H33N3O3/c1-28(2,3)31-16-20(24(26(31)33)30-18-12-8-7-9-13-18)23-19-14-10-11-15-22(19)35-25-21(23)17-32(27(25)34)29(4,5)6/h7-15,23,30H,16-17H2,1-6H3. The van der Waals surface area contributed by atoms with Crippen LogP contribution in [0.15, 0.2) is 77.2 Å². The predicted molar refractivity (Wildman–Crippen MR) is 137 cm³/mol. The number of amides is 2. The molecular weight excluding hydrogens is 438 g/mol. The van der Waals surface area contributed by atoms with Gasteiger partial charge in [-0.25, -0.2) is 0 Å². The van der Waals surface area contributed by atoms with Gasteiger partial charge < -0.3 is 19.9 Å². The van der Waals surface area contributed by atoms with Crippen LogP contribution in [0.2, 0.25) is 0 Å². The topological polar surface area (TPSA) is 61.9 Å². The van der Waals surface area contributed by atoms with Gasteiger partial charge in [0.15, 0.2) is 5.76 Å². The lowest BCUT2D eigenvalue weighted by molar-refractivity contribution is -0.131. The molecule has 2 amide bonds. The number of carbonyl (C=O) groups excluding carboxylic acids is 2. The lowest BCUT2D eigenvalue weighted by Gasteiger charge is -2.34. The quantitative estimate of drug-likeness (QED) is 0.679. The fourth-order valence-corrected chi connectivity index (χ4v) is 5.13. The number of fused-ring (bicyclic) bond motifs is 1. The van der Waals surface area contributed by atoms with Crippen LogP contribution < -0.4 is 10.1 Å². The summed E-state index contributed by atoms with van der Waals surface area (Å²) in [6.45, 7) is 13.2. The minimum Gasteiger partial charge on any atom is -0.451 e. The Hall–Kier alpha value is -3.54. The first-order chi connectivity index (χ1) is 16.5. The largest absolute Gasteiger partial charge is 0.451 e. The van der Waals surface area contributed by atoms with Crippen molar-refractivity contribution >= 4 is 17.5 Å². The minimum absolute atomic E-state index is 0.0283. The Bertz CT molecular complexity index is 1260. The van der Waals surface area contributed by atoms with Crippen LogP contribution in [0.3, 0.4) is 0 Å². The summed E-state index contributed by atoms with van der Waals surface area (Å²) in [4.78, 5) is 31.0. The molecule has 0 aromatic heterocycles. The number of hydrogen-bond donors (Lipinski definition) is 1. The molecule has 5 rings (SSSR count). The van der Waals surface area contributed by atoms with Gasteiger partial charge in [-0.2, -0.15) is 0 Å². The molecule has 1 atom stereocenters. The van der Waals surface area contributed by atoms with Crippen molar-refractivity contribution in [3.63, 3.8) is 0 Å². The molecule has 35 heavy (non-hydrogen) atoms. The molecule has 1 unspecified atom stereocenters. The second-order valence-electron chi connectivity index (χ2n) is 11.4. The zero-order valence-electron chi connectivity index (χ0n) is 21.3. The maximum atomic E-state index is 13.8. The normalized spacial score (nSPS) is 20.3. The average Bonchev–Trinajstić information content (AvgIpc) is 3.30. The highest BCUT2D eigenvalue weighted by molar-refractivity contribution is 6.02. The first-order valence-corrected chi connectivity index (χ1v) is 12.2. The lowest BCUT2D eigenvalue weighted by atomic mass is 9.81. The maximum Gasteiger partial charge on any atom is 0.290 e. The van der Waals surface area contributed by atoms with Gasteiger partial charge in [-0.3, -0.25) is 9.59 Å². The molecule has 0 saturated heterocycles. The van der Waals surface area contributed by atoms with Crippen molar-refractivity contribution in [2.45, 2.75) is 58.5 Å². The van der Waals surface area contributed by atoms with Crippen LogP contribution in [0, 0.1) is 0 Å². The van der Waals surface area contributed by atoms with E-state index in [1.165, 1.54) is 0 Å². The van der Waals surface area contributed by atoms with Crippen molar-refractivity contribution in [1.29, 1.82) is 0 Å². The Kier molecular flexibility index (Phi) is 5.31. The molecule has 0 radical (unpaired) electrons. The lowest BCUT2D eigenvalue weighted by Crippen LogP contribution is -2.44. The fourth-order valence-electron chi connectivity index (χ4n) is 5.13. The highest BCUT2D eigenvalue weighted by atomic mass is 16.5. The Morgan fingerprint density at radius 2 is 1.34 bits per heavy atom. The molecule has 1 N–H and O–H groups in total. The first-order valence-electron chi connectivity index (χ1n) is 12.2. The van der Waals surface area contributed by atoms with Crippen molar-refractivity contribution in [2.24, 2.45) is 0 Å². The number of anilines is 1. The number of nitrogens with zero attached hydrogens (tertiary/aromatic N) is 2. The van der Waals surface area contributed by atoms with Gasteiger partial charge in [0.05, 0.1) is 0 Å². The molecule has 2 aromatic rings. The van der Waals surface area contributed by atoms with E-state index < -0.39 is 0 Å². The molecule has 0 fully saturated rings. The Morgan fingerprint density at radius 1 is 0.771 bits per heavy atom. The van der Waals surface area contributed by atoms with Crippen molar-refractivity contribution in [3.05, 3.63) is 82.8 Å². The molecule has 2 aromatic carbocycles. The van der Waals surface area contributed by atoms with Gasteiger partial charge in [0.1, 0.15) is 11.4 Å². The van der Waals surface area contributed by atoms with Crippen molar-refractivity contribution in [3.8, 4) is 5.75 Å².